The Hall–Kier alpha value is -3.72. The van der Waals surface area contributed by atoms with E-state index < -0.39 is 0 Å². The summed E-state index contributed by atoms with van der Waals surface area (Å²) in [5.74, 6) is 0.500. The number of amidine groups is 2. The maximum atomic E-state index is 8.25. The Labute approximate surface area is 158 Å². The predicted molar refractivity (Wildman–Crippen MR) is 113 cm³/mol. The monoisotopic (exact) mass is 349 g/mol. The highest BCUT2D eigenvalue weighted by atomic mass is 14.9. The third-order valence-electron chi connectivity index (χ3n) is 4.56. The van der Waals surface area contributed by atoms with Crippen LogP contribution < -0.4 is 5.73 Å². The summed E-state index contributed by atoms with van der Waals surface area (Å²) in [6, 6.07) is 32.0. The summed E-state index contributed by atoms with van der Waals surface area (Å²) in [6.45, 7) is 0. The highest BCUT2D eigenvalue weighted by Gasteiger charge is 2.06. The van der Waals surface area contributed by atoms with E-state index in [4.69, 9.17) is 11.1 Å². The van der Waals surface area contributed by atoms with Gasteiger partial charge in [-0.25, -0.2) is 4.99 Å². The van der Waals surface area contributed by atoms with E-state index in [0.29, 0.717) is 5.84 Å². The molecule has 4 aromatic carbocycles. The quantitative estimate of drug-likeness (QED) is 0.386. The van der Waals surface area contributed by atoms with Gasteiger partial charge >= 0.3 is 0 Å². The van der Waals surface area contributed by atoms with Crippen LogP contribution in [0.1, 0.15) is 11.1 Å². The molecule has 3 N–H and O–H groups in total. The van der Waals surface area contributed by atoms with Gasteiger partial charge in [-0.05, 0) is 21.9 Å². The van der Waals surface area contributed by atoms with E-state index in [0.717, 1.165) is 16.7 Å². The summed E-state index contributed by atoms with van der Waals surface area (Å²) in [6.07, 6.45) is 0. The Morgan fingerprint density at radius 3 is 2.11 bits per heavy atom. The molecule has 4 rings (SSSR count). The van der Waals surface area contributed by atoms with Crippen LogP contribution in [0.15, 0.2) is 102 Å². The summed E-state index contributed by atoms with van der Waals surface area (Å²) in [7, 11) is 0. The van der Waals surface area contributed by atoms with Crippen LogP contribution in [0.5, 0.6) is 0 Å². The molecular formula is C24H19N3. The van der Waals surface area contributed by atoms with Crippen molar-refractivity contribution < 1.29 is 0 Å². The van der Waals surface area contributed by atoms with Crippen molar-refractivity contribution in [3.05, 3.63) is 108 Å². The molecule has 0 saturated heterocycles. The average molecular weight is 349 g/mol. The zero-order valence-corrected chi connectivity index (χ0v) is 14.8. The topological polar surface area (TPSA) is 62.2 Å². The number of benzene rings is 4. The lowest BCUT2D eigenvalue weighted by molar-refractivity contribution is 1.40. The highest BCUT2D eigenvalue weighted by molar-refractivity contribution is 6.10. The van der Waals surface area contributed by atoms with Crippen molar-refractivity contribution in [1.82, 2.24) is 0 Å². The fourth-order valence-electron chi connectivity index (χ4n) is 3.14. The third kappa shape index (κ3) is 3.48. The Balaban J connectivity index is 1.63. The van der Waals surface area contributed by atoms with Gasteiger partial charge in [0, 0.05) is 11.1 Å². The molecule has 0 aromatic heterocycles. The number of nitrogens with one attached hydrogen (secondary N) is 1. The van der Waals surface area contributed by atoms with Crippen molar-refractivity contribution in [1.29, 1.82) is 5.41 Å². The van der Waals surface area contributed by atoms with Gasteiger partial charge in [-0.15, -0.1) is 0 Å². The van der Waals surface area contributed by atoms with Crippen molar-refractivity contribution in [3.8, 4) is 11.1 Å². The number of aliphatic imine (C=N–C) groups is 1. The van der Waals surface area contributed by atoms with Crippen LogP contribution in [0, 0.1) is 5.41 Å². The van der Waals surface area contributed by atoms with Crippen molar-refractivity contribution in [2.24, 2.45) is 10.7 Å². The molecule has 0 aliphatic heterocycles. The Morgan fingerprint density at radius 2 is 1.33 bits per heavy atom. The molecular weight excluding hydrogens is 330 g/mol. The minimum Gasteiger partial charge on any atom is -0.383 e. The zero-order valence-electron chi connectivity index (χ0n) is 14.8. The Bertz CT molecular complexity index is 1120. The van der Waals surface area contributed by atoms with Crippen LogP contribution >= 0.6 is 0 Å². The maximum absolute atomic E-state index is 8.25. The fraction of sp³-hybridized carbons (Fsp3) is 0. The molecule has 0 unspecified atom stereocenters. The normalized spacial score (nSPS) is 11.5. The molecule has 0 saturated carbocycles. The number of nitrogens with zero attached hydrogens (tertiary/aromatic N) is 1. The molecule has 0 spiro atoms. The SMILES string of the molecule is N=C(/N=C(\N)c1ccccc1)c1ccc(-c2cccc3ccccc23)cc1. The summed E-state index contributed by atoms with van der Waals surface area (Å²) in [5, 5.41) is 10.7. The van der Waals surface area contributed by atoms with E-state index in [1.54, 1.807) is 0 Å². The maximum Gasteiger partial charge on any atom is 0.154 e. The molecule has 0 radical (unpaired) electrons. The van der Waals surface area contributed by atoms with Crippen LogP contribution in [0.25, 0.3) is 21.9 Å². The zero-order chi connectivity index (χ0) is 18.6. The van der Waals surface area contributed by atoms with Gasteiger partial charge < -0.3 is 5.73 Å². The minimum atomic E-state index is 0.154. The molecule has 3 nitrogen and oxygen atoms in total. The predicted octanol–water partition coefficient (Wildman–Crippen LogP) is 5.24. The number of hydrogen-bond donors (Lipinski definition) is 2. The smallest absolute Gasteiger partial charge is 0.154 e. The van der Waals surface area contributed by atoms with Crippen LogP contribution in [-0.2, 0) is 0 Å². The molecule has 27 heavy (non-hydrogen) atoms. The number of rotatable bonds is 3. The van der Waals surface area contributed by atoms with Crippen LogP contribution in [-0.4, -0.2) is 11.7 Å². The first-order valence-electron chi connectivity index (χ1n) is 8.79. The Kier molecular flexibility index (Phi) is 4.50. The lowest BCUT2D eigenvalue weighted by Gasteiger charge is -2.08. The lowest BCUT2D eigenvalue weighted by atomic mass is 9.97. The second-order valence-electron chi connectivity index (χ2n) is 6.32. The first-order valence-corrected chi connectivity index (χ1v) is 8.79. The summed E-state index contributed by atoms with van der Waals surface area (Å²) in [4.78, 5) is 4.25. The summed E-state index contributed by atoms with van der Waals surface area (Å²) < 4.78 is 0. The fourth-order valence-corrected chi connectivity index (χ4v) is 3.14. The van der Waals surface area contributed by atoms with E-state index in [9.17, 15) is 0 Å². The van der Waals surface area contributed by atoms with Crippen molar-refractivity contribution in [3.63, 3.8) is 0 Å². The first kappa shape index (κ1) is 16.7. The van der Waals surface area contributed by atoms with Crippen molar-refractivity contribution >= 4 is 22.4 Å². The van der Waals surface area contributed by atoms with Gasteiger partial charge in [-0.3, -0.25) is 5.41 Å². The first-order chi connectivity index (χ1) is 13.2. The van der Waals surface area contributed by atoms with Gasteiger partial charge in [0.25, 0.3) is 0 Å². The average Bonchev–Trinajstić information content (AvgIpc) is 2.74. The number of nitrogens with two attached hydrogens (primary N) is 1. The largest absolute Gasteiger partial charge is 0.383 e. The number of fused-ring (bicyclic) bond motifs is 1. The molecule has 0 heterocycles. The molecule has 0 bridgehead atoms. The summed E-state index contributed by atoms with van der Waals surface area (Å²) >= 11 is 0. The van der Waals surface area contributed by atoms with Gasteiger partial charge in [0.15, 0.2) is 5.84 Å². The third-order valence-corrected chi connectivity index (χ3v) is 4.56. The number of hydrogen-bond acceptors (Lipinski definition) is 1. The summed E-state index contributed by atoms with van der Waals surface area (Å²) in [5.41, 5.74) is 9.87. The van der Waals surface area contributed by atoms with E-state index in [1.165, 1.54) is 16.3 Å². The molecule has 0 atom stereocenters. The standard InChI is InChI=1S/C24H19N3/c25-23(19-8-2-1-3-9-19)27-24(26)20-15-13-18(14-16-20)22-12-6-10-17-7-4-5-11-21(17)22/h1-16H,(H3,25,26,27). The molecule has 3 heteroatoms. The van der Waals surface area contributed by atoms with E-state index in [1.807, 2.05) is 60.7 Å². The molecule has 0 aliphatic carbocycles. The molecule has 0 fully saturated rings. The minimum absolute atomic E-state index is 0.154. The van der Waals surface area contributed by atoms with Gasteiger partial charge in [0.2, 0.25) is 0 Å². The van der Waals surface area contributed by atoms with Crippen LogP contribution in [0.4, 0.5) is 0 Å². The second kappa shape index (κ2) is 7.26. The molecule has 130 valence electrons. The molecule has 0 amide bonds. The second-order valence-corrected chi connectivity index (χ2v) is 6.32. The highest BCUT2D eigenvalue weighted by Crippen LogP contribution is 2.28. The van der Waals surface area contributed by atoms with Gasteiger partial charge in [0.1, 0.15) is 5.84 Å². The molecule has 0 aliphatic rings. The van der Waals surface area contributed by atoms with E-state index >= 15 is 0 Å². The van der Waals surface area contributed by atoms with Crippen LogP contribution in [0.2, 0.25) is 0 Å². The lowest BCUT2D eigenvalue weighted by Crippen LogP contribution is -2.15. The van der Waals surface area contributed by atoms with Crippen molar-refractivity contribution in [2.45, 2.75) is 0 Å². The molecule has 4 aromatic rings. The van der Waals surface area contributed by atoms with Gasteiger partial charge in [-0.2, -0.15) is 0 Å². The van der Waals surface area contributed by atoms with Crippen molar-refractivity contribution in [2.75, 3.05) is 0 Å². The van der Waals surface area contributed by atoms with E-state index in [-0.39, 0.29) is 5.84 Å². The van der Waals surface area contributed by atoms with Crippen LogP contribution in [0.3, 0.4) is 0 Å². The van der Waals surface area contributed by atoms with E-state index in [2.05, 4.69) is 41.4 Å². The van der Waals surface area contributed by atoms with Gasteiger partial charge in [0.05, 0.1) is 0 Å². The van der Waals surface area contributed by atoms with Gasteiger partial charge in [-0.1, -0.05) is 97.1 Å². The Morgan fingerprint density at radius 1 is 0.667 bits per heavy atom.